The van der Waals surface area contributed by atoms with Gasteiger partial charge in [0.1, 0.15) is 5.75 Å². The molecule has 0 aliphatic heterocycles. The summed E-state index contributed by atoms with van der Waals surface area (Å²) in [6.45, 7) is 5.71. The van der Waals surface area contributed by atoms with E-state index in [9.17, 15) is 4.79 Å². The maximum absolute atomic E-state index is 11.8. The summed E-state index contributed by atoms with van der Waals surface area (Å²) < 4.78 is 5.18. The zero-order valence-electron chi connectivity index (χ0n) is 11.2. The maximum atomic E-state index is 11.8. The van der Waals surface area contributed by atoms with Crippen LogP contribution in [0.5, 0.6) is 5.75 Å². The van der Waals surface area contributed by atoms with Crippen LogP contribution in [0.1, 0.15) is 17.0 Å². The van der Waals surface area contributed by atoms with Crippen LogP contribution < -0.4 is 10.1 Å². The number of anilines is 1. The summed E-state index contributed by atoms with van der Waals surface area (Å²) >= 11 is 0. The standard InChI is InChI=1S/C15H16N2O2/c1-10-9-11(2)16-12(3)14(10)17-15(18)19-13-7-5-4-6-8-13/h4-9H,1-3H3,(H,17,18). The van der Waals surface area contributed by atoms with Crippen molar-refractivity contribution in [1.82, 2.24) is 4.98 Å². The number of para-hydroxylation sites is 1. The van der Waals surface area contributed by atoms with E-state index in [-0.39, 0.29) is 0 Å². The Labute approximate surface area is 112 Å². The van der Waals surface area contributed by atoms with Crippen molar-refractivity contribution in [2.75, 3.05) is 5.32 Å². The Kier molecular flexibility index (Phi) is 3.80. The molecule has 0 saturated heterocycles. The normalized spacial score (nSPS) is 10.1. The van der Waals surface area contributed by atoms with Crippen LogP contribution in [0.15, 0.2) is 36.4 Å². The minimum atomic E-state index is -0.511. The van der Waals surface area contributed by atoms with Crippen molar-refractivity contribution in [2.24, 2.45) is 0 Å². The van der Waals surface area contributed by atoms with Crippen molar-refractivity contribution in [1.29, 1.82) is 0 Å². The Morgan fingerprint density at radius 1 is 1.16 bits per heavy atom. The lowest BCUT2D eigenvalue weighted by atomic mass is 10.2. The first-order valence-corrected chi connectivity index (χ1v) is 6.05. The molecule has 1 amide bonds. The molecule has 4 nitrogen and oxygen atoms in total. The van der Waals surface area contributed by atoms with Gasteiger partial charge >= 0.3 is 6.09 Å². The highest BCUT2D eigenvalue weighted by Crippen LogP contribution is 2.19. The monoisotopic (exact) mass is 256 g/mol. The fraction of sp³-hybridized carbons (Fsp3) is 0.200. The molecule has 0 bridgehead atoms. The van der Waals surface area contributed by atoms with Gasteiger partial charge in [0.05, 0.1) is 11.4 Å². The molecular formula is C15H16N2O2. The van der Waals surface area contributed by atoms with Crippen LogP contribution in [-0.4, -0.2) is 11.1 Å². The van der Waals surface area contributed by atoms with Crippen LogP contribution in [0.3, 0.4) is 0 Å². The molecule has 0 radical (unpaired) electrons. The van der Waals surface area contributed by atoms with E-state index < -0.39 is 6.09 Å². The van der Waals surface area contributed by atoms with Gasteiger partial charge in [0, 0.05) is 5.69 Å². The summed E-state index contributed by atoms with van der Waals surface area (Å²) in [4.78, 5) is 16.1. The first-order chi connectivity index (χ1) is 9.06. The second-order valence-corrected chi connectivity index (χ2v) is 4.37. The van der Waals surface area contributed by atoms with Crippen molar-refractivity contribution in [3.8, 4) is 5.75 Å². The molecule has 0 unspecified atom stereocenters. The van der Waals surface area contributed by atoms with Crippen molar-refractivity contribution in [3.05, 3.63) is 53.3 Å². The lowest BCUT2D eigenvalue weighted by Crippen LogP contribution is -2.18. The molecular weight excluding hydrogens is 240 g/mol. The Balaban J connectivity index is 2.12. The van der Waals surface area contributed by atoms with Crippen LogP contribution >= 0.6 is 0 Å². The number of aromatic nitrogens is 1. The molecule has 1 heterocycles. The second kappa shape index (κ2) is 5.52. The van der Waals surface area contributed by atoms with Crippen molar-refractivity contribution < 1.29 is 9.53 Å². The SMILES string of the molecule is Cc1cc(C)c(NC(=O)Oc2ccccc2)c(C)n1. The van der Waals surface area contributed by atoms with Gasteiger partial charge in [0.2, 0.25) is 0 Å². The molecule has 19 heavy (non-hydrogen) atoms. The van der Waals surface area contributed by atoms with Crippen LogP contribution in [0.25, 0.3) is 0 Å². The van der Waals surface area contributed by atoms with Gasteiger partial charge in [0.25, 0.3) is 0 Å². The molecule has 1 N–H and O–H groups in total. The number of aryl methyl sites for hydroxylation is 3. The van der Waals surface area contributed by atoms with Crippen molar-refractivity contribution in [3.63, 3.8) is 0 Å². The number of rotatable bonds is 2. The van der Waals surface area contributed by atoms with Gasteiger partial charge in [-0.05, 0) is 44.5 Å². The van der Waals surface area contributed by atoms with E-state index in [4.69, 9.17) is 4.74 Å². The number of hydrogen-bond acceptors (Lipinski definition) is 3. The summed E-state index contributed by atoms with van der Waals surface area (Å²) in [6, 6.07) is 10.9. The van der Waals surface area contributed by atoms with E-state index in [0.29, 0.717) is 11.4 Å². The number of amides is 1. The molecule has 2 rings (SSSR count). The Morgan fingerprint density at radius 3 is 2.47 bits per heavy atom. The Morgan fingerprint density at radius 2 is 1.84 bits per heavy atom. The quantitative estimate of drug-likeness (QED) is 0.892. The number of hydrogen-bond donors (Lipinski definition) is 1. The molecule has 2 aromatic rings. The minimum Gasteiger partial charge on any atom is -0.410 e. The molecule has 0 saturated carbocycles. The molecule has 4 heteroatoms. The highest BCUT2D eigenvalue weighted by atomic mass is 16.6. The predicted octanol–water partition coefficient (Wildman–Crippen LogP) is 3.62. The minimum absolute atomic E-state index is 0.510. The van der Waals surface area contributed by atoms with Gasteiger partial charge < -0.3 is 4.74 Å². The highest BCUT2D eigenvalue weighted by Gasteiger charge is 2.10. The van der Waals surface area contributed by atoms with Crippen LogP contribution in [0.4, 0.5) is 10.5 Å². The fourth-order valence-corrected chi connectivity index (χ4v) is 1.94. The maximum Gasteiger partial charge on any atom is 0.417 e. The van der Waals surface area contributed by atoms with E-state index in [1.807, 2.05) is 45.0 Å². The van der Waals surface area contributed by atoms with Gasteiger partial charge in [-0.2, -0.15) is 0 Å². The van der Waals surface area contributed by atoms with Crippen molar-refractivity contribution >= 4 is 11.8 Å². The number of nitrogens with zero attached hydrogens (tertiary/aromatic N) is 1. The third kappa shape index (κ3) is 3.31. The van der Waals surface area contributed by atoms with E-state index >= 15 is 0 Å². The van der Waals surface area contributed by atoms with E-state index in [0.717, 1.165) is 17.0 Å². The van der Waals surface area contributed by atoms with Crippen molar-refractivity contribution in [2.45, 2.75) is 20.8 Å². The second-order valence-electron chi connectivity index (χ2n) is 4.37. The molecule has 1 aromatic carbocycles. The zero-order chi connectivity index (χ0) is 13.8. The predicted molar refractivity (Wildman–Crippen MR) is 74.5 cm³/mol. The average molecular weight is 256 g/mol. The zero-order valence-corrected chi connectivity index (χ0v) is 11.2. The molecule has 0 aliphatic rings. The van der Waals surface area contributed by atoms with Gasteiger partial charge in [-0.25, -0.2) is 4.79 Å². The van der Waals surface area contributed by atoms with E-state index in [1.54, 1.807) is 12.1 Å². The first kappa shape index (κ1) is 13.1. The lowest BCUT2D eigenvalue weighted by Gasteiger charge is -2.12. The molecule has 0 spiro atoms. The van der Waals surface area contributed by atoms with Gasteiger partial charge in [0.15, 0.2) is 0 Å². The Hall–Kier alpha value is -2.36. The summed E-state index contributed by atoms with van der Waals surface area (Å²) in [7, 11) is 0. The topological polar surface area (TPSA) is 51.2 Å². The van der Waals surface area contributed by atoms with Gasteiger partial charge in [-0.15, -0.1) is 0 Å². The van der Waals surface area contributed by atoms with Crippen LogP contribution in [-0.2, 0) is 0 Å². The lowest BCUT2D eigenvalue weighted by molar-refractivity contribution is 0.215. The molecule has 0 fully saturated rings. The molecule has 1 aromatic heterocycles. The number of nitrogens with one attached hydrogen (secondary N) is 1. The summed E-state index contributed by atoms with van der Waals surface area (Å²) in [6.07, 6.45) is -0.511. The van der Waals surface area contributed by atoms with Gasteiger partial charge in [-0.1, -0.05) is 18.2 Å². The molecule has 98 valence electrons. The third-order valence-corrected chi connectivity index (χ3v) is 2.71. The number of carbonyl (C=O) groups excluding carboxylic acids is 1. The summed E-state index contributed by atoms with van der Waals surface area (Å²) in [5.41, 5.74) is 3.38. The van der Waals surface area contributed by atoms with Gasteiger partial charge in [-0.3, -0.25) is 10.3 Å². The number of carbonyl (C=O) groups is 1. The Bertz CT molecular complexity index is 571. The van der Waals surface area contributed by atoms with Crippen LogP contribution in [0, 0.1) is 20.8 Å². The number of benzene rings is 1. The van der Waals surface area contributed by atoms with Crippen LogP contribution in [0.2, 0.25) is 0 Å². The molecule has 0 atom stereocenters. The number of ether oxygens (including phenoxy) is 1. The fourth-order valence-electron chi connectivity index (χ4n) is 1.94. The average Bonchev–Trinajstić information content (AvgIpc) is 2.35. The number of pyridine rings is 1. The first-order valence-electron chi connectivity index (χ1n) is 6.05. The van der Waals surface area contributed by atoms with E-state index in [2.05, 4.69) is 10.3 Å². The van der Waals surface area contributed by atoms with E-state index in [1.165, 1.54) is 0 Å². The summed E-state index contributed by atoms with van der Waals surface area (Å²) in [5.74, 6) is 0.510. The smallest absolute Gasteiger partial charge is 0.410 e. The third-order valence-electron chi connectivity index (χ3n) is 2.71. The summed E-state index contributed by atoms with van der Waals surface area (Å²) in [5, 5.41) is 2.73. The molecule has 0 aliphatic carbocycles. The highest BCUT2D eigenvalue weighted by molar-refractivity contribution is 5.87. The largest absolute Gasteiger partial charge is 0.417 e.